The van der Waals surface area contributed by atoms with Crippen molar-refractivity contribution in [1.82, 2.24) is 0 Å². The zero-order valence-electron chi connectivity index (χ0n) is 14.7. The average Bonchev–Trinajstić information content (AvgIpc) is 2.39. The minimum atomic E-state index is -1.79. The van der Waals surface area contributed by atoms with Gasteiger partial charge in [0.25, 0.3) is 0 Å². The van der Waals surface area contributed by atoms with E-state index in [4.69, 9.17) is 9.16 Å². The van der Waals surface area contributed by atoms with Crippen LogP contribution in [0.3, 0.4) is 0 Å². The topological polar surface area (TPSA) is 35.5 Å². The third-order valence-electron chi connectivity index (χ3n) is 4.38. The van der Waals surface area contributed by atoms with Crippen LogP contribution in [0.25, 0.3) is 0 Å². The molecule has 0 N–H and O–H groups in total. The lowest BCUT2D eigenvalue weighted by Gasteiger charge is -2.38. The molecule has 0 saturated heterocycles. The molecule has 0 amide bonds. The van der Waals surface area contributed by atoms with Crippen molar-refractivity contribution < 1.29 is 14.0 Å². The Morgan fingerprint density at radius 1 is 1.24 bits per heavy atom. The van der Waals surface area contributed by atoms with Crippen LogP contribution in [-0.4, -0.2) is 27.0 Å². The molecule has 0 aliphatic carbocycles. The second-order valence-corrected chi connectivity index (χ2v) is 12.1. The summed E-state index contributed by atoms with van der Waals surface area (Å²) in [5.41, 5.74) is 0. The SMILES string of the molecule is C=CC(=O)O[C@H]([C@@H](C)C=C)[C@@H](C)CO[Si](C)(C)C(C)(C)C. The van der Waals surface area contributed by atoms with Crippen LogP contribution in [0.2, 0.25) is 18.1 Å². The van der Waals surface area contributed by atoms with E-state index in [1.54, 1.807) is 0 Å². The highest BCUT2D eigenvalue weighted by Gasteiger charge is 2.38. The van der Waals surface area contributed by atoms with E-state index in [-0.39, 0.29) is 23.0 Å². The molecule has 0 radical (unpaired) electrons. The molecule has 0 aromatic heterocycles. The van der Waals surface area contributed by atoms with Gasteiger partial charge in [0, 0.05) is 24.5 Å². The number of ether oxygens (including phenoxy) is 1. The summed E-state index contributed by atoms with van der Waals surface area (Å²) < 4.78 is 11.7. The van der Waals surface area contributed by atoms with Crippen LogP contribution in [0.4, 0.5) is 0 Å². The molecule has 0 saturated carbocycles. The molecule has 0 aromatic carbocycles. The molecule has 0 fully saturated rings. The normalized spacial score (nSPS) is 16.7. The van der Waals surface area contributed by atoms with Gasteiger partial charge in [-0.15, -0.1) is 6.58 Å². The first-order valence-electron chi connectivity index (χ1n) is 7.55. The Bertz CT molecular complexity index is 369. The molecule has 122 valence electrons. The maximum absolute atomic E-state index is 11.5. The highest BCUT2D eigenvalue weighted by Crippen LogP contribution is 2.37. The monoisotopic (exact) mass is 312 g/mol. The van der Waals surface area contributed by atoms with Crippen LogP contribution in [0.1, 0.15) is 34.6 Å². The minimum Gasteiger partial charge on any atom is -0.458 e. The van der Waals surface area contributed by atoms with Crippen LogP contribution in [0, 0.1) is 11.8 Å². The number of hydrogen-bond acceptors (Lipinski definition) is 3. The lowest BCUT2D eigenvalue weighted by Crippen LogP contribution is -2.43. The van der Waals surface area contributed by atoms with Crippen molar-refractivity contribution in [2.24, 2.45) is 11.8 Å². The summed E-state index contributed by atoms with van der Waals surface area (Å²) >= 11 is 0. The Kier molecular flexibility index (Phi) is 7.61. The zero-order valence-corrected chi connectivity index (χ0v) is 15.7. The van der Waals surface area contributed by atoms with Crippen molar-refractivity contribution >= 4 is 14.3 Å². The van der Waals surface area contributed by atoms with Gasteiger partial charge in [-0.25, -0.2) is 4.79 Å². The Morgan fingerprint density at radius 2 is 1.76 bits per heavy atom. The van der Waals surface area contributed by atoms with Crippen LogP contribution in [0.5, 0.6) is 0 Å². The summed E-state index contributed by atoms with van der Waals surface area (Å²) in [7, 11) is -1.79. The number of esters is 1. The number of carbonyl (C=O) groups excluding carboxylic acids is 1. The van der Waals surface area contributed by atoms with E-state index in [1.165, 1.54) is 6.08 Å². The molecule has 0 unspecified atom stereocenters. The first kappa shape index (κ1) is 20.1. The third kappa shape index (κ3) is 6.18. The summed E-state index contributed by atoms with van der Waals surface area (Å²) in [6.07, 6.45) is 2.77. The molecule has 0 rings (SSSR count). The van der Waals surface area contributed by atoms with Gasteiger partial charge < -0.3 is 9.16 Å². The van der Waals surface area contributed by atoms with E-state index in [9.17, 15) is 4.79 Å². The fourth-order valence-corrected chi connectivity index (χ4v) is 2.82. The molecule has 0 aliphatic rings. The van der Waals surface area contributed by atoms with Crippen molar-refractivity contribution in [2.45, 2.75) is 58.9 Å². The highest BCUT2D eigenvalue weighted by molar-refractivity contribution is 6.74. The Balaban J connectivity index is 4.83. The molecule has 0 aromatic rings. The largest absolute Gasteiger partial charge is 0.458 e. The molecule has 0 bridgehead atoms. The molecule has 4 heteroatoms. The van der Waals surface area contributed by atoms with Crippen molar-refractivity contribution in [3.8, 4) is 0 Å². The predicted molar refractivity (Wildman–Crippen MR) is 91.8 cm³/mol. The summed E-state index contributed by atoms with van der Waals surface area (Å²) in [6, 6.07) is 0. The van der Waals surface area contributed by atoms with Crippen LogP contribution < -0.4 is 0 Å². The fourth-order valence-electron chi connectivity index (χ4n) is 1.71. The first-order chi connectivity index (χ1) is 9.46. The molecule has 0 heterocycles. The predicted octanol–water partition coefficient (Wildman–Crippen LogP) is 4.56. The van der Waals surface area contributed by atoms with Gasteiger partial charge >= 0.3 is 5.97 Å². The zero-order chi connectivity index (χ0) is 16.8. The summed E-state index contributed by atoms with van der Waals surface area (Å²) in [4.78, 5) is 11.5. The van der Waals surface area contributed by atoms with Gasteiger partial charge in [0.15, 0.2) is 8.32 Å². The fraction of sp³-hybridized carbons (Fsp3) is 0.706. The molecule has 3 atom stereocenters. The Labute approximate surface area is 131 Å². The quantitative estimate of drug-likeness (QED) is 0.285. The van der Waals surface area contributed by atoms with E-state index >= 15 is 0 Å². The summed E-state index contributed by atoms with van der Waals surface area (Å²) in [6.45, 7) is 23.0. The van der Waals surface area contributed by atoms with Gasteiger partial charge in [-0.2, -0.15) is 0 Å². The van der Waals surface area contributed by atoms with Crippen LogP contribution in [-0.2, 0) is 14.0 Å². The van der Waals surface area contributed by atoms with Crippen molar-refractivity contribution in [3.05, 3.63) is 25.3 Å². The van der Waals surface area contributed by atoms with Gasteiger partial charge in [-0.05, 0) is 18.1 Å². The Morgan fingerprint density at radius 3 is 2.14 bits per heavy atom. The van der Waals surface area contributed by atoms with E-state index in [1.807, 2.05) is 19.9 Å². The van der Waals surface area contributed by atoms with Gasteiger partial charge in [0.05, 0.1) is 0 Å². The maximum atomic E-state index is 11.5. The van der Waals surface area contributed by atoms with E-state index < -0.39 is 14.3 Å². The maximum Gasteiger partial charge on any atom is 0.330 e. The van der Waals surface area contributed by atoms with Crippen molar-refractivity contribution in [3.63, 3.8) is 0 Å². The van der Waals surface area contributed by atoms with Crippen molar-refractivity contribution in [2.75, 3.05) is 6.61 Å². The van der Waals surface area contributed by atoms with Crippen molar-refractivity contribution in [1.29, 1.82) is 0 Å². The summed E-state index contributed by atoms with van der Waals surface area (Å²) in [5.74, 6) is -0.212. The van der Waals surface area contributed by atoms with Crippen LogP contribution >= 0.6 is 0 Å². The lowest BCUT2D eigenvalue weighted by molar-refractivity contribution is -0.148. The van der Waals surface area contributed by atoms with E-state index in [2.05, 4.69) is 47.0 Å². The molecule has 3 nitrogen and oxygen atoms in total. The van der Waals surface area contributed by atoms with E-state index in [0.717, 1.165) is 0 Å². The molecule has 21 heavy (non-hydrogen) atoms. The third-order valence-corrected chi connectivity index (χ3v) is 8.88. The smallest absolute Gasteiger partial charge is 0.330 e. The molecule has 0 aliphatic heterocycles. The lowest BCUT2D eigenvalue weighted by atomic mass is 9.94. The minimum absolute atomic E-state index is 0.0758. The van der Waals surface area contributed by atoms with Gasteiger partial charge in [0.1, 0.15) is 6.10 Å². The first-order valence-corrected chi connectivity index (χ1v) is 10.5. The number of hydrogen-bond donors (Lipinski definition) is 0. The number of carbonyl (C=O) groups is 1. The van der Waals surface area contributed by atoms with Gasteiger partial charge in [-0.1, -0.05) is 47.3 Å². The summed E-state index contributed by atoms with van der Waals surface area (Å²) in [5, 5.41) is 0.171. The van der Waals surface area contributed by atoms with E-state index in [0.29, 0.717) is 6.61 Å². The standard InChI is InChI=1S/C17H32O3Si/c1-10-13(3)16(20-15(18)11-2)14(4)12-19-21(8,9)17(5,6)7/h10-11,13-14,16H,1-2,12H2,3-9H3/t13-,14-,16+/m0/s1. The second-order valence-electron chi connectivity index (χ2n) is 7.25. The average molecular weight is 313 g/mol. The Hall–Kier alpha value is -0.873. The van der Waals surface area contributed by atoms with Crippen LogP contribution in [0.15, 0.2) is 25.3 Å². The molecular weight excluding hydrogens is 280 g/mol. The number of rotatable bonds is 8. The van der Waals surface area contributed by atoms with Gasteiger partial charge in [-0.3, -0.25) is 0 Å². The highest BCUT2D eigenvalue weighted by atomic mass is 28.4. The molecule has 0 spiro atoms. The molecular formula is C17H32O3Si. The second kappa shape index (κ2) is 7.94. The van der Waals surface area contributed by atoms with Gasteiger partial charge in [0.2, 0.25) is 0 Å².